The lowest BCUT2D eigenvalue weighted by atomic mass is 9.72. The van der Waals surface area contributed by atoms with E-state index in [-0.39, 0.29) is 6.54 Å². The molecular weight excluding hydrogens is 333 g/mol. The normalized spacial score (nSPS) is 18.1. The summed E-state index contributed by atoms with van der Waals surface area (Å²) in [4.78, 5) is 13.7. The number of halogens is 3. The van der Waals surface area contributed by atoms with E-state index in [1.807, 2.05) is 0 Å². The summed E-state index contributed by atoms with van der Waals surface area (Å²) in [6.45, 7) is 6.42. The van der Waals surface area contributed by atoms with Crippen molar-refractivity contribution in [3.8, 4) is 0 Å². The summed E-state index contributed by atoms with van der Waals surface area (Å²) in [5.74, 6) is 0. The molecule has 4 nitrogen and oxygen atoms in total. The Morgan fingerprint density at radius 3 is 2.32 bits per heavy atom. The molecule has 7 heteroatoms. The molecule has 1 fully saturated rings. The van der Waals surface area contributed by atoms with E-state index < -0.39 is 28.8 Å². The number of benzene rings is 1. The zero-order valence-corrected chi connectivity index (χ0v) is 14.8. The van der Waals surface area contributed by atoms with Crippen molar-refractivity contribution in [2.45, 2.75) is 50.8 Å². The van der Waals surface area contributed by atoms with Gasteiger partial charge in [-0.25, -0.2) is 4.79 Å². The maximum Gasteiger partial charge on any atom is 0.416 e. The minimum Gasteiger partial charge on any atom is -0.444 e. The molecule has 1 heterocycles. The Balaban J connectivity index is 2.15. The van der Waals surface area contributed by atoms with Crippen LogP contribution in [0.15, 0.2) is 24.3 Å². The minimum absolute atomic E-state index is 0.233. The first-order valence-corrected chi connectivity index (χ1v) is 8.33. The van der Waals surface area contributed by atoms with Crippen LogP contribution in [0.1, 0.15) is 44.7 Å². The van der Waals surface area contributed by atoms with E-state index in [9.17, 15) is 18.0 Å². The number of piperidine rings is 1. The highest BCUT2D eigenvalue weighted by atomic mass is 19.4. The lowest BCUT2D eigenvalue weighted by Crippen LogP contribution is -2.49. The number of hydrogen-bond acceptors (Lipinski definition) is 3. The van der Waals surface area contributed by atoms with Gasteiger partial charge in [0.25, 0.3) is 0 Å². The SMILES string of the molecule is CC(C)(C)OC(=O)N1CCC(CN)(c2cccc(C(F)(F)F)c2)CC1. The van der Waals surface area contributed by atoms with Gasteiger partial charge in [0.05, 0.1) is 5.56 Å². The van der Waals surface area contributed by atoms with E-state index in [0.29, 0.717) is 31.5 Å². The molecule has 0 spiro atoms. The predicted molar refractivity (Wildman–Crippen MR) is 89.2 cm³/mol. The van der Waals surface area contributed by atoms with Gasteiger partial charge in [0.15, 0.2) is 0 Å². The van der Waals surface area contributed by atoms with Gasteiger partial charge in [-0.3, -0.25) is 0 Å². The van der Waals surface area contributed by atoms with E-state index in [0.717, 1.165) is 6.07 Å². The van der Waals surface area contributed by atoms with E-state index in [1.165, 1.54) is 12.1 Å². The number of amides is 1. The molecule has 1 aromatic carbocycles. The van der Waals surface area contributed by atoms with Gasteiger partial charge in [-0.05, 0) is 45.2 Å². The molecule has 1 saturated heterocycles. The molecule has 0 atom stereocenters. The van der Waals surface area contributed by atoms with Crippen LogP contribution in [0.25, 0.3) is 0 Å². The highest BCUT2D eigenvalue weighted by Crippen LogP contribution is 2.38. The number of rotatable bonds is 2. The fourth-order valence-corrected chi connectivity index (χ4v) is 3.08. The summed E-state index contributed by atoms with van der Waals surface area (Å²) in [6.07, 6.45) is -3.78. The molecule has 0 aliphatic carbocycles. The zero-order chi connectivity index (χ0) is 18.9. The Bertz CT molecular complexity index is 615. The van der Waals surface area contributed by atoms with Crippen molar-refractivity contribution in [2.75, 3.05) is 19.6 Å². The second-order valence-electron chi connectivity index (χ2n) is 7.53. The number of carbonyl (C=O) groups is 1. The maximum absolute atomic E-state index is 13.0. The number of likely N-dealkylation sites (tertiary alicyclic amines) is 1. The third kappa shape index (κ3) is 4.66. The molecule has 0 radical (unpaired) electrons. The van der Waals surface area contributed by atoms with Crippen molar-refractivity contribution in [2.24, 2.45) is 5.73 Å². The van der Waals surface area contributed by atoms with Crippen LogP contribution >= 0.6 is 0 Å². The largest absolute Gasteiger partial charge is 0.444 e. The number of alkyl halides is 3. The van der Waals surface area contributed by atoms with Gasteiger partial charge in [0, 0.05) is 25.0 Å². The van der Waals surface area contributed by atoms with Gasteiger partial charge < -0.3 is 15.4 Å². The first-order valence-electron chi connectivity index (χ1n) is 8.33. The van der Waals surface area contributed by atoms with Gasteiger partial charge >= 0.3 is 12.3 Å². The molecule has 1 amide bonds. The Morgan fingerprint density at radius 2 is 1.84 bits per heavy atom. The summed E-state index contributed by atoms with van der Waals surface area (Å²) in [6, 6.07) is 5.33. The standard InChI is InChI=1S/C18H25F3N2O2/c1-16(2,3)25-15(24)23-9-7-17(12-22,8-10-23)13-5-4-6-14(11-13)18(19,20)21/h4-6,11H,7-10,12,22H2,1-3H3. The van der Waals surface area contributed by atoms with Crippen LogP contribution in [0, 0.1) is 0 Å². The van der Waals surface area contributed by atoms with Crippen LogP contribution in [0.3, 0.4) is 0 Å². The van der Waals surface area contributed by atoms with Crippen molar-refractivity contribution >= 4 is 6.09 Å². The average Bonchev–Trinajstić information content (AvgIpc) is 2.52. The van der Waals surface area contributed by atoms with E-state index in [2.05, 4.69) is 0 Å². The molecule has 2 N–H and O–H groups in total. The summed E-state index contributed by atoms with van der Waals surface area (Å²) in [5.41, 5.74) is 4.70. The average molecular weight is 358 g/mol. The summed E-state index contributed by atoms with van der Waals surface area (Å²) < 4.78 is 44.3. The van der Waals surface area contributed by atoms with Crippen molar-refractivity contribution < 1.29 is 22.7 Å². The van der Waals surface area contributed by atoms with E-state index in [1.54, 1.807) is 31.7 Å². The first-order chi connectivity index (χ1) is 11.5. The van der Waals surface area contributed by atoms with Gasteiger partial charge in [-0.15, -0.1) is 0 Å². The molecule has 1 aliphatic heterocycles. The number of nitrogens with two attached hydrogens (primary N) is 1. The Hall–Kier alpha value is -1.76. The van der Waals surface area contributed by atoms with E-state index >= 15 is 0 Å². The summed E-state index contributed by atoms with van der Waals surface area (Å²) in [7, 11) is 0. The van der Waals surface area contributed by atoms with Crippen LogP contribution in [0.4, 0.5) is 18.0 Å². The number of nitrogens with zero attached hydrogens (tertiary/aromatic N) is 1. The molecule has 0 saturated carbocycles. The lowest BCUT2D eigenvalue weighted by Gasteiger charge is -2.42. The number of hydrogen-bond donors (Lipinski definition) is 1. The van der Waals surface area contributed by atoms with E-state index in [4.69, 9.17) is 10.5 Å². The fraction of sp³-hybridized carbons (Fsp3) is 0.611. The Labute approximate surface area is 146 Å². The maximum atomic E-state index is 13.0. The van der Waals surface area contributed by atoms with Crippen LogP contribution in [-0.2, 0) is 16.3 Å². The molecule has 2 rings (SSSR count). The van der Waals surface area contributed by atoms with Crippen LogP contribution in [0.2, 0.25) is 0 Å². The zero-order valence-electron chi connectivity index (χ0n) is 14.8. The lowest BCUT2D eigenvalue weighted by molar-refractivity contribution is -0.137. The van der Waals surface area contributed by atoms with Gasteiger partial charge in [-0.1, -0.05) is 18.2 Å². The quantitative estimate of drug-likeness (QED) is 0.871. The van der Waals surface area contributed by atoms with Crippen molar-refractivity contribution in [3.05, 3.63) is 35.4 Å². The number of carbonyl (C=O) groups excluding carboxylic acids is 1. The predicted octanol–water partition coefficient (Wildman–Crippen LogP) is 3.93. The topological polar surface area (TPSA) is 55.6 Å². The first kappa shape index (κ1) is 19.6. The molecule has 0 unspecified atom stereocenters. The molecule has 0 aromatic heterocycles. The third-order valence-corrected chi connectivity index (χ3v) is 4.57. The van der Waals surface area contributed by atoms with Gasteiger partial charge in [-0.2, -0.15) is 13.2 Å². The second-order valence-corrected chi connectivity index (χ2v) is 7.53. The highest BCUT2D eigenvalue weighted by Gasteiger charge is 2.39. The van der Waals surface area contributed by atoms with Gasteiger partial charge in [0.2, 0.25) is 0 Å². The second kappa shape index (κ2) is 6.86. The summed E-state index contributed by atoms with van der Waals surface area (Å²) >= 11 is 0. The molecule has 25 heavy (non-hydrogen) atoms. The van der Waals surface area contributed by atoms with Crippen LogP contribution in [-0.4, -0.2) is 36.2 Å². The Kier molecular flexibility index (Phi) is 5.37. The van der Waals surface area contributed by atoms with Crippen molar-refractivity contribution in [1.82, 2.24) is 4.90 Å². The molecular formula is C18H25F3N2O2. The van der Waals surface area contributed by atoms with Crippen LogP contribution < -0.4 is 5.73 Å². The highest BCUT2D eigenvalue weighted by molar-refractivity contribution is 5.68. The third-order valence-electron chi connectivity index (χ3n) is 4.57. The molecule has 0 bridgehead atoms. The molecule has 1 aromatic rings. The minimum atomic E-state index is -4.39. The molecule has 140 valence electrons. The smallest absolute Gasteiger partial charge is 0.416 e. The van der Waals surface area contributed by atoms with Gasteiger partial charge in [0.1, 0.15) is 5.60 Å². The summed E-state index contributed by atoms with van der Waals surface area (Å²) in [5, 5.41) is 0. The fourth-order valence-electron chi connectivity index (χ4n) is 3.08. The monoisotopic (exact) mass is 358 g/mol. The molecule has 1 aliphatic rings. The van der Waals surface area contributed by atoms with Crippen LogP contribution in [0.5, 0.6) is 0 Å². The Morgan fingerprint density at radius 1 is 1.24 bits per heavy atom. The number of ether oxygens (including phenoxy) is 1. The van der Waals surface area contributed by atoms with Crippen molar-refractivity contribution in [3.63, 3.8) is 0 Å². The van der Waals surface area contributed by atoms with Crippen molar-refractivity contribution in [1.29, 1.82) is 0 Å².